The first-order chi connectivity index (χ1) is 13.7. The molecule has 2 aliphatic rings. The first kappa shape index (κ1) is 21.5. The van der Waals surface area contributed by atoms with E-state index in [0.717, 1.165) is 25.7 Å². The Kier molecular flexibility index (Phi) is 6.15. The van der Waals surface area contributed by atoms with Crippen LogP contribution in [0.2, 0.25) is 0 Å². The van der Waals surface area contributed by atoms with Gasteiger partial charge >= 0.3 is 17.9 Å². The number of carbonyl (C=O) groups excluding carboxylic acids is 1. The molecule has 0 bridgehead atoms. The molecule has 0 radical (unpaired) electrons. The van der Waals surface area contributed by atoms with Gasteiger partial charge in [-0.1, -0.05) is 12.8 Å². The number of rotatable bonds is 6. The lowest BCUT2D eigenvalue weighted by atomic mass is 9.79. The van der Waals surface area contributed by atoms with Gasteiger partial charge in [-0.3, -0.25) is 0 Å². The number of hydrogen-bond acceptors (Lipinski definition) is 4. The number of ether oxygens (including phenoxy) is 2. The highest BCUT2D eigenvalue weighted by Gasteiger charge is 2.62. The number of alkyl halides is 2. The van der Waals surface area contributed by atoms with Crippen molar-refractivity contribution >= 4 is 11.9 Å². The molecule has 0 unspecified atom stereocenters. The Labute approximate surface area is 169 Å². The summed E-state index contributed by atoms with van der Waals surface area (Å²) in [4.78, 5) is 23.7. The molecule has 0 atom stereocenters. The third-order valence-electron chi connectivity index (χ3n) is 6.16. The molecule has 160 valence electrons. The molecule has 2 aliphatic carbocycles. The molecule has 5 nitrogen and oxygen atoms in total. The van der Waals surface area contributed by atoms with Gasteiger partial charge in [0.1, 0.15) is 11.4 Å². The molecule has 2 fully saturated rings. The maximum atomic E-state index is 14.4. The molecule has 2 saturated carbocycles. The van der Waals surface area contributed by atoms with Crippen LogP contribution in [0, 0.1) is 0 Å². The summed E-state index contributed by atoms with van der Waals surface area (Å²) < 4.78 is 40.1. The number of carbonyl (C=O) groups is 2. The molecule has 0 heterocycles. The normalized spacial score (nSPS) is 21.2. The molecule has 1 aromatic rings. The van der Waals surface area contributed by atoms with Crippen molar-refractivity contribution in [3.05, 3.63) is 29.8 Å². The zero-order valence-corrected chi connectivity index (χ0v) is 16.7. The Morgan fingerprint density at radius 1 is 0.931 bits per heavy atom. The number of halogens is 2. The van der Waals surface area contributed by atoms with E-state index in [0.29, 0.717) is 25.0 Å². The summed E-state index contributed by atoms with van der Waals surface area (Å²) >= 11 is 0. The van der Waals surface area contributed by atoms with E-state index in [2.05, 4.69) is 6.92 Å². The Bertz CT molecular complexity index is 732. The third-order valence-corrected chi connectivity index (χ3v) is 6.16. The van der Waals surface area contributed by atoms with Gasteiger partial charge in [0.15, 0.2) is 5.60 Å². The van der Waals surface area contributed by atoms with E-state index in [1.807, 2.05) is 0 Å². The fourth-order valence-corrected chi connectivity index (χ4v) is 4.38. The highest BCUT2D eigenvalue weighted by Crippen LogP contribution is 2.44. The van der Waals surface area contributed by atoms with E-state index in [1.165, 1.54) is 18.6 Å². The highest BCUT2D eigenvalue weighted by atomic mass is 19.3. The van der Waals surface area contributed by atoms with Crippen LogP contribution in [-0.2, 0) is 9.53 Å². The molecule has 0 saturated heterocycles. The van der Waals surface area contributed by atoms with Crippen LogP contribution in [0.25, 0.3) is 0 Å². The molecule has 0 aliphatic heterocycles. The van der Waals surface area contributed by atoms with Crippen LogP contribution in [-0.4, -0.2) is 34.2 Å². The van der Waals surface area contributed by atoms with E-state index in [4.69, 9.17) is 14.6 Å². The first-order valence-electron chi connectivity index (χ1n) is 10.3. The fraction of sp³-hybridized carbons (Fsp3) is 0.636. The summed E-state index contributed by atoms with van der Waals surface area (Å²) in [7, 11) is 0. The number of esters is 1. The minimum absolute atomic E-state index is 0.0947. The van der Waals surface area contributed by atoms with Crippen LogP contribution in [0.4, 0.5) is 8.78 Å². The van der Waals surface area contributed by atoms with Gasteiger partial charge in [0.25, 0.3) is 0 Å². The van der Waals surface area contributed by atoms with Gasteiger partial charge in [-0.05, 0) is 82.6 Å². The van der Waals surface area contributed by atoms with E-state index in [-0.39, 0.29) is 24.0 Å². The number of aliphatic carboxylic acids is 1. The zero-order valence-electron chi connectivity index (χ0n) is 16.7. The van der Waals surface area contributed by atoms with E-state index in [1.54, 1.807) is 12.1 Å². The van der Waals surface area contributed by atoms with Crippen molar-refractivity contribution in [3.63, 3.8) is 0 Å². The van der Waals surface area contributed by atoms with Crippen LogP contribution in [0.15, 0.2) is 24.3 Å². The van der Waals surface area contributed by atoms with Crippen molar-refractivity contribution in [3.8, 4) is 5.75 Å². The number of hydrogen-bond donors (Lipinski definition) is 1. The summed E-state index contributed by atoms with van der Waals surface area (Å²) in [5.41, 5.74) is -2.45. The molecular formula is C22H28F2O5. The van der Waals surface area contributed by atoms with Crippen LogP contribution in [0.1, 0.15) is 81.5 Å². The predicted octanol–water partition coefficient (Wildman–Crippen LogP) is 5.37. The molecule has 0 amide bonds. The van der Waals surface area contributed by atoms with Crippen LogP contribution >= 0.6 is 0 Å². The molecule has 1 aromatic carbocycles. The second-order valence-corrected chi connectivity index (χ2v) is 8.46. The summed E-state index contributed by atoms with van der Waals surface area (Å²) in [6.45, 7) is 2.06. The van der Waals surface area contributed by atoms with Gasteiger partial charge in [-0.2, -0.15) is 8.78 Å². The van der Waals surface area contributed by atoms with Crippen molar-refractivity contribution in [1.82, 2.24) is 0 Å². The van der Waals surface area contributed by atoms with Crippen molar-refractivity contribution in [1.29, 1.82) is 0 Å². The monoisotopic (exact) mass is 410 g/mol. The molecule has 29 heavy (non-hydrogen) atoms. The first-order valence-corrected chi connectivity index (χ1v) is 10.3. The number of carboxylic acids is 1. The van der Waals surface area contributed by atoms with Gasteiger partial charge in [0.2, 0.25) is 0 Å². The molecular weight excluding hydrogens is 382 g/mol. The SMILES string of the molecule is CC1(Oc2ccc(C(=O)OC3(C(F)(F)C(=O)O)CCCCC3)cc2)CCCCC1. The van der Waals surface area contributed by atoms with Gasteiger partial charge in [-0.15, -0.1) is 0 Å². The Morgan fingerprint density at radius 2 is 1.45 bits per heavy atom. The van der Waals surface area contributed by atoms with Crippen molar-refractivity contribution in [2.45, 2.75) is 88.3 Å². The van der Waals surface area contributed by atoms with Gasteiger partial charge < -0.3 is 14.6 Å². The van der Waals surface area contributed by atoms with E-state index >= 15 is 0 Å². The average Bonchev–Trinajstić information content (AvgIpc) is 2.69. The lowest BCUT2D eigenvalue weighted by Gasteiger charge is -2.40. The lowest BCUT2D eigenvalue weighted by Crippen LogP contribution is -2.56. The second-order valence-electron chi connectivity index (χ2n) is 8.46. The highest BCUT2D eigenvalue weighted by molar-refractivity contribution is 5.90. The van der Waals surface area contributed by atoms with E-state index in [9.17, 15) is 18.4 Å². The van der Waals surface area contributed by atoms with Gasteiger partial charge in [0, 0.05) is 0 Å². The number of benzene rings is 1. The Hall–Kier alpha value is -2.18. The Balaban J connectivity index is 1.73. The molecule has 3 rings (SSSR count). The second kappa shape index (κ2) is 8.28. The fourth-order valence-electron chi connectivity index (χ4n) is 4.38. The molecule has 0 aromatic heterocycles. The quantitative estimate of drug-likeness (QED) is 0.639. The molecule has 0 spiro atoms. The topological polar surface area (TPSA) is 72.8 Å². The average molecular weight is 410 g/mol. The van der Waals surface area contributed by atoms with Crippen molar-refractivity contribution in [2.75, 3.05) is 0 Å². The maximum absolute atomic E-state index is 14.4. The summed E-state index contributed by atoms with van der Waals surface area (Å²) in [6.07, 6.45) is 6.50. The van der Waals surface area contributed by atoms with E-state index < -0.39 is 23.5 Å². The smallest absolute Gasteiger partial charge is 0.381 e. The van der Waals surface area contributed by atoms with Gasteiger partial charge in [0.05, 0.1) is 5.56 Å². The lowest BCUT2D eigenvalue weighted by molar-refractivity contribution is -0.215. The van der Waals surface area contributed by atoms with Crippen molar-refractivity contribution < 1.29 is 33.0 Å². The van der Waals surface area contributed by atoms with Crippen LogP contribution in [0.3, 0.4) is 0 Å². The summed E-state index contributed by atoms with van der Waals surface area (Å²) in [5, 5.41) is 9.00. The van der Waals surface area contributed by atoms with Crippen molar-refractivity contribution in [2.24, 2.45) is 0 Å². The standard InChI is InChI=1S/C22H28F2O5/c1-20(12-4-2-5-13-20)28-17-10-8-16(9-11-17)18(25)29-21(14-6-3-7-15-21)22(23,24)19(26)27/h8-11H,2-7,12-15H2,1H3,(H,26,27). The third kappa shape index (κ3) is 4.54. The minimum atomic E-state index is -4.14. The van der Waals surface area contributed by atoms with Crippen LogP contribution < -0.4 is 4.74 Å². The predicted molar refractivity (Wildman–Crippen MR) is 102 cm³/mol. The Morgan fingerprint density at radius 3 is 1.97 bits per heavy atom. The van der Waals surface area contributed by atoms with Gasteiger partial charge in [-0.25, -0.2) is 9.59 Å². The summed E-state index contributed by atoms with van der Waals surface area (Å²) in [6, 6.07) is 6.19. The minimum Gasteiger partial charge on any atom is -0.488 e. The molecule has 7 heteroatoms. The number of carboxylic acid groups (broad SMARTS) is 1. The summed E-state index contributed by atoms with van der Waals surface area (Å²) in [5.74, 6) is -6.74. The van der Waals surface area contributed by atoms with Crippen LogP contribution in [0.5, 0.6) is 5.75 Å². The zero-order chi connectivity index (χ0) is 21.1. The molecule has 1 N–H and O–H groups in total. The largest absolute Gasteiger partial charge is 0.488 e. The maximum Gasteiger partial charge on any atom is 0.381 e.